The summed E-state index contributed by atoms with van der Waals surface area (Å²) in [5.74, 6) is 0. The van der Waals surface area contributed by atoms with Crippen LogP contribution >= 0.6 is 0 Å². The first-order valence-electron chi connectivity index (χ1n) is 8.64. The van der Waals surface area contributed by atoms with Crippen LogP contribution in [0, 0.1) is 6.92 Å². The number of hydrogen-bond acceptors (Lipinski definition) is 5. The van der Waals surface area contributed by atoms with Crippen molar-refractivity contribution in [2.45, 2.75) is 6.92 Å². The van der Waals surface area contributed by atoms with E-state index in [0.717, 1.165) is 24.1 Å². The van der Waals surface area contributed by atoms with Crippen molar-refractivity contribution in [1.29, 1.82) is 0 Å². The highest BCUT2D eigenvalue weighted by Gasteiger charge is 2.23. The van der Waals surface area contributed by atoms with Crippen molar-refractivity contribution in [2.24, 2.45) is 7.05 Å². The number of benzene rings is 2. The standard InChI is InChI=1S/C19H20N3O.CH4O4S/c1-15-18(20(2)14-16-10-6-4-7-11-16)19(23)22(21(15)3)17-12-8-5-9-13-17;1-5-6(2,3)4/h4-14H,1-3H3;1H3,(H,2,3,4)/q+1;/p-1. The average molecular weight is 417 g/mol. The summed E-state index contributed by atoms with van der Waals surface area (Å²) in [6.45, 7) is 1.96. The third-order valence-corrected chi connectivity index (χ3v) is 4.63. The van der Waals surface area contributed by atoms with Gasteiger partial charge in [0.2, 0.25) is 10.4 Å². The molecule has 0 spiro atoms. The van der Waals surface area contributed by atoms with Crippen LogP contribution in [-0.2, 0) is 21.6 Å². The van der Waals surface area contributed by atoms with Crippen molar-refractivity contribution in [2.75, 3.05) is 14.2 Å². The first-order chi connectivity index (χ1) is 13.7. The Balaban J connectivity index is 0.000000438. The minimum absolute atomic E-state index is 0.0223. The van der Waals surface area contributed by atoms with E-state index in [1.807, 2.05) is 97.2 Å². The molecule has 0 N–H and O–H groups in total. The Morgan fingerprint density at radius 3 is 2.00 bits per heavy atom. The van der Waals surface area contributed by atoms with Gasteiger partial charge in [-0.2, -0.15) is 4.58 Å². The van der Waals surface area contributed by atoms with Gasteiger partial charge in [-0.3, -0.25) is 13.7 Å². The van der Waals surface area contributed by atoms with E-state index < -0.39 is 10.4 Å². The normalized spacial score (nSPS) is 11.7. The van der Waals surface area contributed by atoms with Crippen molar-refractivity contribution >= 4 is 22.3 Å². The second-order valence-electron chi connectivity index (χ2n) is 6.14. The van der Waals surface area contributed by atoms with Crippen molar-refractivity contribution in [1.82, 2.24) is 9.36 Å². The maximum Gasteiger partial charge on any atom is 0.343 e. The Kier molecular flexibility index (Phi) is 7.27. The van der Waals surface area contributed by atoms with Crippen molar-refractivity contribution in [3.8, 4) is 5.69 Å². The van der Waals surface area contributed by atoms with Crippen LogP contribution < -0.4 is 5.56 Å². The summed E-state index contributed by atoms with van der Waals surface area (Å²) in [4.78, 5) is 12.9. The minimum Gasteiger partial charge on any atom is -0.726 e. The molecule has 0 bridgehead atoms. The lowest BCUT2D eigenvalue weighted by molar-refractivity contribution is -0.400. The van der Waals surface area contributed by atoms with Gasteiger partial charge in [0.25, 0.3) is 5.69 Å². The molecule has 1 heterocycles. The van der Waals surface area contributed by atoms with E-state index in [-0.39, 0.29) is 5.56 Å². The molecule has 2 aromatic carbocycles. The van der Waals surface area contributed by atoms with E-state index >= 15 is 0 Å². The maximum absolute atomic E-state index is 12.9. The Hall–Kier alpha value is -3.01. The fourth-order valence-corrected chi connectivity index (χ4v) is 2.79. The highest BCUT2D eigenvalue weighted by Crippen LogP contribution is 2.15. The van der Waals surface area contributed by atoms with E-state index in [4.69, 9.17) is 0 Å². The molecule has 8 nitrogen and oxygen atoms in total. The summed E-state index contributed by atoms with van der Waals surface area (Å²) in [7, 11) is 0.211. The number of para-hydroxylation sites is 1. The molecular weight excluding hydrogens is 394 g/mol. The quantitative estimate of drug-likeness (QED) is 0.280. The third kappa shape index (κ3) is 5.74. The second-order valence-corrected chi connectivity index (χ2v) is 7.29. The molecule has 0 saturated carbocycles. The molecule has 0 fully saturated rings. The van der Waals surface area contributed by atoms with Gasteiger partial charge < -0.3 is 4.55 Å². The molecule has 0 aliphatic heterocycles. The van der Waals surface area contributed by atoms with Crippen molar-refractivity contribution in [3.63, 3.8) is 0 Å². The zero-order valence-electron chi connectivity index (χ0n) is 16.6. The number of hydrogen-bond donors (Lipinski definition) is 0. The first-order valence-corrected chi connectivity index (χ1v) is 9.97. The lowest BCUT2D eigenvalue weighted by Crippen LogP contribution is -2.21. The molecular formula is C20H23N3O5S. The molecule has 9 heteroatoms. The molecule has 0 aliphatic carbocycles. The van der Waals surface area contributed by atoms with Gasteiger partial charge in [0, 0.05) is 12.6 Å². The summed E-state index contributed by atoms with van der Waals surface area (Å²) in [5.41, 5.74) is 3.51. The van der Waals surface area contributed by atoms with E-state index in [1.54, 1.807) is 4.68 Å². The van der Waals surface area contributed by atoms with Crippen LogP contribution in [0.1, 0.15) is 11.3 Å². The fraction of sp³-hybridized carbons (Fsp3) is 0.200. The van der Waals surface area contributed by atoms with Gasteiger partial charge in [0.1, 0.15) is 12.7 Å². The monoisotopic (exact) mass is 417 g/mol. The number of nitrogens with zero attached hydrogens (tertiary/aromatic N) is 3. The van der Waals surface area contributed by atoms with Crippen LogP contribution in [0.25, 0.3) is 5.69 Å². The Morgan fingerprint density at radius 2 is 1.52 bits per heavy atom. The van der Waals surface area contributed by atoms with Crippen LogP contribution in [0.15, 0.2) is 65.5 Å². The first kappa shape index (κ1) is 22.3. The summed E-state index contributed by atoms with van der Waals surface area (Å²) in [6, 6.07) is 19.7. The van der Waals surface area contributed by atoms with Gasteiger partial charge in [-0.05, 0) is 31.2 Å². The van der Waals surface area contributed by atoms with Crippen molar-refractivity contribution < 1.29 is 21.7 Å². The average Bonchev–Trinajstić information content (AvgIpc) is 2.92. The minimum atomic E-state index is -4.41. The molecule has 0 radical (unpaired) electrons. The summed E-state index contributed by atoms with van der Waals surface area (Å²) < 4.78 is 36.5. The Bertz CT molecular complexity index is 1150. The topological polar surface area (TPSA) is 96.4 Å². The largest absolute Gasteiger partial charge is 0.726 e. The summed E-state index contributed by atoms with van der Waals surface area (Å²) >= 11 is 0. The van der Waals surface area contributed by atoms with Gasteiger partial charge in [0.05, 0.1) is 12.8 Å². The maximum atomic E-state index is 12.9. The van der Waals surface area contributed by atoms with Gasteiger partial charge in [0.15, 0.2) is 6.21 Å². The Labute approximate surface area is 169 Å². The van der Waals surface area contributed by atoms with Crippen molar-refractivity contribution in [3.05, 3.63) is 82.3 Å². The molecule has 0 amide bonds. The predicted molar refractivity (Wildman–Crippen MR) is 110 cm³/mol. The van der Waals surface area contributed by atoms with Gasteiger partial charge in [-0.15, -0.1) is 0 Å². The molecule has 1 aromatic heterocycles. The van der Waals surface area contributed by atoms with Gasteiger partial charge in [-0.1, -0.05) is 36.4 Å². The highest BCUT2D eigenvalue weighted by atomic mass is 32.3. The van der Waals surface area contributed by atoms with E-state index in [2.05, 4.69) is 4.18 Å². The van der Waals surface area contributed by atoms with Crippen LogP contribution in [0.5, 0.6) is 0 Å². The summed E-state index contributed by atoms with van der Waals surface area (Å²) in [6.07, 6.45) is 1.97. The van der Waals surface area contributed by atoms with Gasteiger partial charge in [-0.25, -0.2) is 13.1 Å². The van der Waals surface area contributed by atoms with E-state index in [9.17, 15) is 17.8 Å². The summed E-state index contributed by atoms with van der Waals surface area (Å²) in [5, 5.41) is 0. The number of aromatic nitrogens is 2. The molecule has 3 aromatic rings. The smallest absolute Gasteiger partial charge is 0.343 e. The number of rotatable bonds is 4. The molecule has 29 heavy (non-hydrogen) atoms. The van der Waals surface area contributed by atoms with Crippen LogP contribution in [0.4, 0.5) is 5.69 Å². The van der Waals surface area contributed by atoms with Crippen LogP contribution in [-0.4, -0.2) is 47.3 Å². The highest BCUT2D eigenvalue weighted by molar-refractivity contribution is 7.80. The van der Waals surface area contributed by atoms with Gasteiger partial charge >= 0.3 is 5.56 Å². The fourth-order valence-electron chi connectivity index (χ4n) is 2.79. The zero-order chi connectivity index (χ0) is 21.6. The lowest BCUT2D eigenvalue weighted by Gasteiger charge is -2.06. The molecule has 0 unspecified atom stereocenters. The lowest BCUT2D eigenvalue weighted by atomic mass is 10.2. The van der Waals surface area contributed by atoms with E-state index in [1.165, 1.54) is 0 Å². The zero-order valence-corrected chi connectivity index (χ0v) is 17.5. The molecule has 3 rings (SSSR count). The Morgan fingerprint density at radius 1 is 1.03 bits per heavy atom. The molecule has 0 atom stereocenters. The van der Waals surface area contributed by atoms with Crippen LogP contribution in [0.2, 0.25) is 0 Å². The molecule has 154 valence electrons. The van der Waals surface area contributed by atoms with E-state index in [0.29, 0.717) is 5.69 Å². The molecule has 0 aliphatic rings. The molecule has 0 saturated heterocycles. The second kappa shape index (κ2) is 9.46. The van der Waals surface area contributed by atoms with Crippen LogP contribution in [0.3, 0.4) is 0 Å². The third-order valence-electron chi connectivity index (χ3n) is 4.22. The predicted octanol–water partition coefficient (Wildman–Crippen LogP) is 1.97. The SMILES string of the molecule is COS(=O)(=O)[O-].Cc1c([N+](C)=Cc2ccccc2)c(=O)n(-c2ccccc2)n1C.